The van der Waals surface area contributed by atoms with Crippen molar-refractivity contribution in [1.82, 2.24) is 57.3 Å². The number of urea groups is 1. The number of ether oxygens (including phenoxy) is 5. The molecule has 0 saturated carbocycles. The van der Waals surface area contributed by atoms with E-state index in [1.165, 1.54) is 32.3 Å². The minimum absolute atomic E-state index is 0.0209. The van der Waals surface area contributed by atoms with Gasteiger partial charge >= 0.3 is 18.2 Å². The zero-order valence-corrected chi connectivity index (χ0v) is 68.7. The van der Waals surface area contributed by atoms with E-state index in [0.29, 0.717) is 56.3 Å². The van der Waals surface area contributed by atoms with E-state index < -0.39 is 131 Å². The van der Waals surface area contributed by atoms with Gasteiger partial charge in [0, 0.05) is 64.1 Å². The second kappa shape index (κ2) is 42.4. The lowest BCUT2D eigenvalue weighted by Crippen LogP contribution is -2.62. The number of amides is 12. The molecule has 1 aromatic heterocycles. The van der Waals surface area contributed by atoms with E-state index >= 15 is 0 Å². The second-order valence-electron chi connectivity index (χ2n) is 31.5. The summed E-state index contributed by atoms with van der Waals surface area (Å²) in [5, 5.41) is 27.9. The van der Waals surface area contributed by atoms with E-state index in [-0.39, 0.29) is 94.9 Å². The van der Waals surface area contributed by atoms with Gasteiger partial charge in [-0.3, -0.25) is 38.4 Å². The quantitative estimate of drug-likeness (QED) is 0.0163. The number of carbonyl (C=O) groups excluding carboxylic acids is 11. The Hall–Kier alpha value is -10.0. The SMILES string of the molecule is CC[C@H](C)[C@@H]([C@@H](CC(=O)N1CCC[C@H]1[C@H](OC)[C@@H](C)C(=O)N[C@@H](Cc1ccccc1)c1nccs1)OC)N(C)C(=O)[C@@H](NC(=O)C(C)(C)NC(=O)OCc1ccc(NC(=O)[C@H](CCCNC(N)=O)NC(=O)[C@@H](NC(=O)[C@H](CCCCNC(=O)OCC2c3ccccc3-c3ccccc32)NC(=O)C2(C)COC2)C(C)C)cc1)C(C)C. The fraction of sp³-hybridized carbons (Fsp3) is 0.548. The maximum atomic E-state index is 14.8. The lowest BCUT2D eigenvalue weighted by Gasteiger charge is -2.41. The predicted molar refractivity (Wildman–Crippen MR) is 432 cm³/mol. The van der Waals surface area contributed by atoms with Crippen LogP contribution >= 0.6 is 11.3 Å². The summed E-state index contributed by atoms with van der Waals surface area (Å²) in [6, 6.07) is 25.4. The number of anilines is 1. The molecule has 1 aliphatic carbocycles. The third kappa shape index (κ3) is 24.3. The number of nitrogens with one attached hydrogen (secondary N) is 9. The molecule has 2 saturated heterocycles. The summed E-state index contributed by atoms with van der Waals surface area (Å²) in [6.45, 7) is 18.3. The van der Waals surface area contributed by atoms with Gasteiger partial charge in [0.05, 0.1) is 61.3 Å². The van der Waals surface area contributed by atoms with Crippen molar-refractivity contribution in [2.24, 2.45) is 34.8 Å². The number of carbonyl (C=O) groups is 11. The third-order valence-corrected chi connectivity index (χ3v) is 22.7. The van der Waals surface area contributed by atoms with Gasteiger partial charge in [-0.05, 0) is 135 Å². The molecule has 2 fully saturated rings. The first kappa shape index (κ1) is 89.5. The minimum atomic E-state index is -1.62. The largest absolute Gasteiger partial charge is 0.449 e. The van der Waals surface area contributed by atoms with Crippen LogP contribution in [0.2, 0.25) is 0 Å². The molecule has 3 heterocycles. The van der Waals surface area contributed by atoms with Gasteiger partial charge in [0.25, 0.3) is 0 Å². The Labute approximate surface area is 672 Å². The molecule has 2 aliphatic heterocycles. The Kier molecular flexibility index (Phi) is 33.3. The number of rotatable bonds is 42. The molecule has 29 nitrogen and oxygen atoms in total. The van der Waals surface area contributed by atoms with Gasteiger partial charge in [0.1, 0.15) is 47.9 Å². The highest BCUT2D eigenvalue weighted by Crippen LogP contribution is 2.45. The van der Waals surface area contributed by atoms with Crippen molar-refractivity contribution in [3.05, 3.63) is 142 Å². The summed E-state index contributed by atoms with van der Waals surface area (Å²) in [6.07, 6.45) is 2.28. The van der Waals surface area contributed by atoms with Gasteiger partial charge in [-0.1, -0.05) is 146 Å². The molecule has 0 radical (unpaired) electrons. The number of unbranched alkanes of at least 4 members (excludes halogenated alkanes) is 1. The van der Waals surface area contributed by atoms with Crippen molar-refractivity contribution in [3.63, 3.8) is 0 Å². The van der Waals surface area contributed by atoms with Gasteiger partial charge in [-0.25, -0.2) is 19.4 Å². The first-order valence-electron chi connectivity index (χ1n) is 39.5. The number of methoxy groups -OCH3 is 2. The standard InChI is InChI=1S/C84H117N13O16S/c1-14-52(6)70(66(109-12)45-67(98)97-42-25-34-65(97)71(110-13)53(7)72(99)91-64(76-86-41-43-114-76)44-54-26-16-15-17-27-54)96(11)77(103)69(51(4)5)94-78(104)83(8,9)95-82(108)112-46-55-35-37-56(38-36-55)89-73(100)62(33-24-40-87-80(85)106)90-75(102)68(50(2)3)93-74(101)63(92-79(105)84(10)48-111-49-84)32-22-23-39-88-81(107)113-47-61-59-30-20-18-28-57(59)58-29-19-21-31-60(58)61/h15-21,26-31,35-38,41,43,50-53,61-66,68-71H,14,22-25,32-34,39-40,42,44-49H2,1-13H3,(H,88,107)(H,89,100)(H,90,102)(H,91,99)(H,92,105)(H,93,101)(H,94,104)(H,95,108)(H3,85,87,106)/t52-,53+,62-,63-,64-,65-,66+,68-,69-,70-,71+/m0/s1. The van der Waals surface area contributed by atoms with Crippen molar-refractivity contribution in [3.8, 4) is 11.1 Å². The van der Waals surface area contributed by atoms with Crippen LogP contribution in [0, 0.1) is 29.1 Å². The van der Waals surface area contributed by atoms with Crippen LogP contribution in [0.4, 0.5) is 20.1 Å². The Morgan fingerprint density at radius 3 is 1.92 bits per heavy atom. The van der Waals surface area contributed by atoms with Gasteiger partial charge in [-0.15, -0.1) is 11.3 Å². The molecule has 0 bridgehead atoms. The number of thiazole rings is 1. The predicted octanol–water partition coefficient (Wildman–Crippen LogP) is 8.55. The first-order valence-corrected chi connectivity index (χ1v) is 40.4. The van der Waals surface area contributed by atoms with Crippen LogP contribution in [0.5, 0.6) is 0 Å². The topological polar surface area (TPSA) is 388 Å². The Morgan fingerprint density at radius 1 is 0.693 bits per heavy atom. The van der Waals surface area contributed by atoms with E-state index in [0.717, 1.165) is 32.8 Å². The number of likely N-dealkylation sites (N-methyl/N-ethyl adjacent to an activating group) is 1. The fourth-order valence-electron chi connectivity index (χ4n) is 14.8. The summed E-state index contributed by atoms with van der Waals surface area (Å²) in [5.41, 5.74) is 9.04. The number of hydrogen-bond acceptors (Lipinski definition) is 18. The summed E-state index contributed by atoms with van der Waals surface area (Å²) in [5.74, 6) is -5.86. The van der Waals surface area contributed by atoms with E-state index in [2.05, 4.69) is 65.0 Å². The normalized spacial score (nSPS) is 16.9. The number of nitrogens with two attached hydrogens (primary N) is 1. The maximum Gasteiger partial charge on any atom is 0.408 e. The minimum Gasteiger partial charge on any atom is -0.449 e. The van der Waals surface area contributed by atoms with Crippen molar-refractivity contribution >= 4 is 82.5 Å². The molecule has 0 unspecified atom stereocenters. The number of benzene rings is 4. The molecule has 12 amide bonds. The number of hydrogen-bond donors (Lipinski definition) is 10. The molecule has 4 aromatic carbocycles. The summed E-state index contributed by atoms with van der Waals surface area (Å²) in [7, 11) is 4.69. The molecule has 8 rings (SSSR count). The zero-order chi connectivity index (χ0) is 83.0. The highest BCUT2D eigenvalue weighted by atomic mass is 32.1. The maximum absolute atomic E-state index is 14.8. The number of primary amides is 1. The highest BCUT2D eigenvalue weighted by Gasteiger charge is 2.46. The monoisotopic (exact) mass is 1600 g/mol. The van der Waals surface area contributed by atoms with Crippen LogP contribution in [-0.4, -0.2) is 195 Å². The molecule has 3 aliphatic rings. The summed E-state index contributed by atoms with van der Waals surface area (Å²) >= 11 is 1.46. The van der Waals surface area contributed by atoms with Crippen LogP contribution in [0.3, 0.4) is 0 Å². The molecule has 30 heteroatoms. The molecular formula is C84H117N13O16S. The summed E-state index contributed by atoms with van der Waals surface area (Å²) in [4.78, 5) is 160. The van der Waals surface area contributed by atoms with E-state index in [9.17, 15) is 52.7 Å². The molecule has 11 N–H and O–H groups in total. The molecular weight excluding hydrogens is 1480 g/mol. The number of aromatic nitrogens is 1. The van der Waals surface area contributed by atoms with Crippen molar-refractivity contribution in [1.29, 1.82) is 0 Å². The molecule has 114 heavy (non-hydrogen) atoms. The molecule has 620 valence electrons. The fourth-order valence-corrected chi connectivity index (χ4v) is 15.5. The van der Waals surface area contributed by atoms with Crippen LogP contribution in [-0.2, 0) is 75.1 Å². The van der Waals surface area contributed by atoms with Crippen LogP contribution in [0.1, 0.15) is 166 Å². The Morgan fingerprint density at radius 2 is 1.32 bits per heavy atom. The van der Waals surface area contributed by atoms with Crippen molar-refractivity contribution < 1.29 is 76.4 Å². The average Bonchev–Trinajstić information content (AvgIpc) is 1.56. The smallest absolute Gasteiger partial charge is 0.408 e. The zero-order valence-electron chi connectivity index (χ0n) is 67.9. The lowest BCUT2D eigenvalue weighted by atomic mass is 9.87. The van der Waals surface area contributed by atoms with Crippen molar-refractivity contribution in [2.75, 3.05) is 66.0 Å². The molecule has 5 aromatic rings. The Bertz CT molecular complexity index is 4020. The third-order valence-electron chi connectivity index (χ3n) is 21.8. The summed E-state index contributed by atoms with van der Waals surface area (Å²) < 4.78 is 28.8. The number of nitrogens with zero attached hydrogens (tertiary/aromatic N) is 3. The second-order valence-corrected chi connectivity index (χ2v) is 32.4. The van der Waals surface area contributed by atoms with Crippen LogP contribution in [0.25, 0.3) is 11.1 Å². The molecule has 0 spiro atoms. The van der Waals surface area contributed by atoms with Gasteiger partial charge in [0.2, 0.25) is 47.3 Å². The number of fused-ring (bicyclic) bond motifs is 3. The van der Waals surface area contributed by atoms with E-state index in [1.54, 1.807) is 89.0 Å². The van der Waals surface area contributed by atoms with E-state index in [1.807, 2.05) is 92.9 Å². The highest BCUT2D eigenvalue weighted by molar-refractivity contribution is 7.09. The van der Waals surface area contributed by atoms with Gasteiger partial charge in [0.15, 0.2) is 0 Å². The lowest BCUT2D eigenvalue weighted by molar-refractivity contribution is -0.159. The van der Waals surface area contributed by atoms with Crippen LogP contribution in [0.15, 0.2) is 115 Å². The first-order chi connectivity index (χ1) is 54.4. The van der Waals surface area contributed by atoms with E-state index in [4.69, 9.17) is 29.4 Å². The van der Waals surface area contributed by atoms with Gasteiger partial charge < -0.3 is 87.1 Å². The molecule has 11 atom stereocenters. The average molecular weight is 1600 g/mol. The van der Waals surface area contributed by atoms with Crippen LogP contribution < -0.4 is 53.6 Å². The van der Waals surface area contributed by atoms with Gasteiger partial charge in [-0.2, -0.15) is 0 Å². The Balaban J connectivity index is 0.821. The number of likely N-dealkylation sites (tertiary alicyclic amines) is 1. The van der Waals surface area contributed by atoms with Crippen molar-refractivity contribution in [2.45, 2.75) is 206 Å². The number of alkyl carbamates (subject to hydrolysis) is 2.